The number of carbonyl (C=O) groups is 1. The van der Waals surface area contributed by atoms with Crippen molar-refractivity contribution in [1.82, 2.24) is 4.90 Å². The standard InChI is InChI=1S/C32H53BN2O5/c1-11-12-13-14-15-16-21-35(28(36)38-29(3,4)5)32(10,33-39-30(6,7)31(8,9)40-33)26-17-19-27(20-18-26)34-22-23-37-24-25(34)2/h11,17-20,25H,1,12-16,21-24H2,2-10H3/t25-,32-/m1/s1. The van der Waals surface area contributed by atoms with Crippen molar-refractivity contribution in [2.24, 2.45) is 0 Å². The number of morpholine rings is 1. The Morgan fingerprint density at radius 1 is 1.07 bits per heavy atom. The molecule has 0 radical (unpaired) electrons. The maximum absolute atomic E-state index is 13.9. The molecule has 1 aromatic carbocycles. The van der Waals surface area contributed by atoms with Gasteiger partial charge in [-0.2, -0.15) is 0 Å². The van der Waals surface area contributed by atoms with E-state index >= 15 is 0 Å². The van der Waals surface area contributed by atoms with Crippen LogP contribution in [0.5, 0.6) is 0 Å². The number of allylic oxidation sites excluding steroid dienone is 1. The number of hydrogen-bond acceptors (Lipinski definition) is 6. The molecular weight excluding hydrogens is 503 g/mol. The molecule has 1 aromatic rings. The number of benzene rings is 1. The van der Waals surface area contributed by atoms with E-state index in [1.165, 1.54) is 0 Å². The lowest BCUT2D eigenvalue weighted by molar-refractivity contribution is 0.00497. The zero-order chi connectivity index (χ0) is 29.8. The van der Waals surface area contributed by atoms with Crippen molar-refractivity contribution in [2.45, 2.75) is 123 Å². The number of amides is 1. The van der Waals surface area contributed by atoms with Gasteiger partial charge < -0.3 is 23.7 Å². The highest BCUT2D eigenvalue weighted by Gasteiger charge is 2.61. The fourth-order valence-electron chi connectivity index (χ4n) is 5.34. The molecule has 2 heterocycles. The zero-order valence-corrected chi connectivity index (χ0v) is 26.5. The Labute approximate surface area is 243 Å². The van der Waals surface area contributed by atoms with Crippen LogP contribution >= 0.6 is 0 Å². The van der Waals surface area contributed by atoms with Crippen LogP contribution in [0.1, 0.15) is 100.0 Å². The Morgan fingerprint density at radius 3 is 2.23 bits per heavy atom. The molecule has 7 nitrogen and oxygen atoms in total. The molecule has 2 fully saturated rings. The van der Waals surface area contributed by atoms with Crippen LogP contribution in [0.3, 0.4) is 0 Å². The lowest BCUT2D eigenvalue weighted by Crippen LogP contribution is -2.59. The molecule has 0 aliphatic carbocycles. The zero-order valence-electron chi connectivity index (χ0n) is 26.5. The summed E-state index contributed by atoms with van der Waals surface area (Å²) in [5.74, 6) is 0. The van der Waals surface area contributed by atoms with Crippen LogP contribution in [0.2, 0.25) is 0 Å². The van der Waals surface area contributed by atoms with Gasteiger partial charge in [0.15, 0.2) is 0 Å². The summed E-state index contributed by atoms with van der Waals surface area (Å²) in [5.41, 5.74) is -0.565. The van der Waals surface area contributed by atoms with E-state index in [4.69, 9.17) is 18.8 Å². The predicted molar refractivity (Wildman–Crippen MR) is 164 cm³/mol. The summed E-state index contributed by atoms with van der Waals surface area (Å²) in [6.07, 6.45) is 6.68. The number of ether oxygens (including phenoxy) is 2. The van der Waals surface area contributed by atoms with Crippen LogP contribution in [-0.2, 0) is 24.2 Å². The maximum atomic E-state index is 13.9. The molecule has 1 amide bonds. The van der Waals surface area contributed by atoms with Crippen molar-refractivity contribution in [3.8, 4) is 0 Å². The third kappa shape index (κ3) is 7.43. The van der Waals surface area contributed by atoms with E-state index in [0.29, 0.717) is 19.2 Å². The van der Waals surface area contributed by atoms with Gasteiger partial charge in [-0.05, 0) is 99.3 Å². The lowest BCUT2D eigenvalue weighted by atomic mass is 9.60. The van der Waals surface area contributed by atoms with E-state index in [1.807, 2.05) is 59.4 Å². The Morgan fingerprint density at radius 2 is 1.68 bits per heavy atom. The van der Waals surface area contributed by atoms with Gasteiger partial charge in [0.2, 0.25) is 0 Å². The van der Waals surface area contributed by atoms with Crippen molar-refractivity contribution in [3.05, 3.63) is 42.5 Å². The van der Waals surface area contributed by atoms with Crippen molar-refractivity contribution in [1.29, 1.82) is 0 Å². The first-order valence-corrected chi connectivity index (χ1v) is 15.0. The number of carbonyl (C=O) groups excluding carboxylic acids is 1. The van der Waals surface area contributed by atoms with Gasteiger partial charge >= 0.3 is 13.2 Å². The van der Waals surface area contributed by atoms with Crippen LogP contribution < -0.4 is 4.90 Å². The van der Waals surface area contributed by atoms with E-state index < -0.39 is 29.4 Å². The fourth-order valence-corrected chi connectivity index (χ4v) is 5.34. The number of rotatable bonds is 11. The quantitative estimate of drug-likeness (QED) is 0.164. The van der Waals surface area contributed by atoms with Crippen LogP contribution in [0.25, 0.3) is 0 Å². The Bertz CT molecular complexity index is 974. The third-order valence-electron chi connectivity index (χ3n) is 8.58. The number of hydrogen-bond donors (Lipinski definition) is 0. The molecule has 2 aliphatic rings. The minimum Gasteiger partial charge on any atom is -0.444 e. The van der Waals surface area contributed by atoms with Crippen molar-refractivity contribution in [2.75, 3.05) is 31.2 Å². The van der Waals surface area contributed by atoms with Crippen LogP contribution in [0.4, 0.5) is 10.5 Å². The van der Waals surface area contributed by atoms with Gasteiger partial charge in [0.25, 0.3) is 0 Å². The summed E-state index contributed by atoms with van der Waals surface area (Å²) in [6, 6.07) is 8.81. The summed E-state index contributed by atoms with van der Waals surface area (Å²) in [4.78, 5) is 18.2. The minimum atomic E-state index is -0.927. The molecule has 0 bridgehead atoms. The highest BCUT2D eigenvalue weighted by atomic mass is 16.7. The topological polar surface area (TPSA) is 60.5 Å². The molecule has 0 N–H and O–H groups in total. The van der Waals surface area contributed by atoms with Gasteiger partial charge in [-0.3, -0.25) is 4.90 Å². The summed E-state index contributed by atoms with van der Waals surface area (Å²) in [7, 11) is -0.682. The van der Waals surface area contributed by atoms with Gasteiger partial charge in [-0.1, -0.05) is 31.1 Å². The molecular formula is C32H53BN2O5. The normalized spacial score (nSPS) is 22.1. The fraction of sp³-hybridized carbons (Fsp3) is 0.719. The minimum absolute atomic E-state index is 0.299. The number of nitrogens with zero attached hydrogens (tertiary/aromatic N) is 2. The van der Waals surface area contributed by atoms with E-state index in [1.54, 1.807) is 0 Å². The molecule has 224 valence electrons. The van der Waals surface area contributed by atoms with Gasteiger partial charge in [0.05, 0.1) is 24.4 Å². The summed E-state index contributed by atoms with van der Waals surface area (Å²) < 4.78 is 25.0. The van der Waals surface area contributed by atoms with Crippen LogP contribution in [0, 0.1) is 0 Å². The molecule has 2 saturated heterocycles. The average Bonchev–Trinajstić information content (AvgIpc) is 3.09. The Kier molecular flexibility index (Phi) is 10.5. The van der Waals surface area contributed by atoms with Crippen LogP contribution in [0.15, 0.2) is 36.9 Å². The summed E-state index contributed by atoms with van der Waals surface area (Å²) >= 11 is 0. The molecule has 8 heteroatoms. The molecule has 0 spiro atoms. The Balaban J connectivity index is 2.02. The second-order valence-electron chi connectivity index (χ2n) is 13.5. The molecule has 3 rings (SSSR count). The monoisotopic (exact) mass is 556 g/mol. The van der Waals surface area contributed by atoms with Gasteiger partial charge in [0.1, 0.15) is 11.0 Å². The largest absolute Gasteiger partial charge is 0.490 e. The first kappa shape index (κ1) is 32.5. The van der Waals surface area contributed by atoms with E-state index in [2.05, 4.69) is 49.6 Å². The Hall–Kier alpha value is -2.03. The second kappa shape index (κ2) is 12.9. The van der Waals surface area contributed by atoms with E-state index in [0.717, 1.165) is 56.5 Å². The molecule has 2 aliphatic heterocycles. The van der Waals surface area contributed by atoms with Crippen molar-refractivity contribution >= 4 is 18.9 Å². The second-order valence-corrected chi connectivity index (χ2v) is 13.5. The maximum Gasteiger partial charge on any atom is 0.490 e. The highest BCUT2D eigenvalue weighted by molar-refractivity contribution is 6.49. The molecule has 0 unspecified atom stereocenters. The summed E-state index contributed by atoms with van der Waals surface area (Å²) in [5, 5.41) is 0. The van der Waals surface area contributed by atoms with E-state index in [9.17, 15) is 4.79 Å². The molecule has 40 heavy (non-hydrogen) atoms. The molecule has 0 aromatic heterocycles. The van der Waals surface area contributed by atoms with E-state index in [-0.39, 0.29) is 6.09 Å². The molecule has 2 atom stereocenters. The van der Waals surface area contributed by atoms with Crippen LogP contribution in [-0.4, -0.2) is 67.3 Å². The van der Waals surface area contributed by atoms with Gasteiger partial charge in [-0.25, -0.2) is 4.79 Å². The summed E-state index contributed by atoms with van der Waals surface area (Å²) in [6.45, 7) is 24.8. The number of unbranched alkanes of at least 4 members (excludes halogenated alkanes) is 4. The van der Waals surface area contributed by atoms with Crippen molar-refractivity contribution in [3.63, 3.8) is 0 Å². The lowest BCUT2D eigenvalue weighted by Gasteiger charge is -2.43. The van der Waals surface area contributed by atoms with Gasteiger partial charge in [0, 0.05) is 24.8 Å². The SMILES string of the molecule is C=CCCCCCCN(C(=O)OC(C)(C)C)[C@@](C)(B1OC(C)(C)C(C)(C)O1)c1ccc(N2CCOC[C@H]2C)cc1. The number of anilines is 1. The molecule has 0 saturated carbocycles. The first-order chi connectivity index (χ1) is 18.6. The average molecular weight is 557 g/mol. The third-order valence-corrected chi connectivity index (χ3v) is 8.58. The van der Waals surface area contributed by atoms with Gasteiger partial charge in [-0.15, -0.1) is 6.58 Å². The predicted octanol–water partition coefficient (Wildman–Crippen LogP) is 7.13. The highest BCUT2D eigenvalue weighted by Crippen LogP contribution is 2.45. The van der Waals surface area contributed by atoms with Crippen molar-refractivity contribution < 1.29 is 23.6 Å². The smallest absolute Gasteiger partial charge is 0.444 e. The first-order valence-electron chi connectivity index (χ1n) is 15.0.